The second kappa shape index (κ2) is 10.7. The van der Waals surface area contributed by atoms with Crippen LogP contribution in [0.2, 0.25) is 0 Å². The standard InChI is InChI=1S/C5H13N3S.2BrH/c1-2-3-4(6)8-5(7)9;;/h4H,2-3,6H2,1H3,(H3,7,8,9);2*1H. The van der Waals surface area contributed by atoms with Crippen LogP contribution in [0.15, 0.2) is 0 Å². The van der Waals surface area contributed by atoms with Gasteiger partial charge < -0.3 is 11.1 Å². The Balaban J connectivity index is -0.000000320. The summed E-state index contributed by atoms with van der Waals surface area (Å²) in [5.41, 5.74) is 5.48. The molecule has 0 aliphatic carbocycles. The molecule has 0 aromatic carbocycles. The maximum absolute atomic E-state index is 6.88. The maximum Gasteiger partial charge on any atom is 0.151 e. The number of halogens is 2. The Hall–Kier alpha value is 0.740. The third-order valence-corrected chi connectivity index (χ3v) is 1.05. The fourth-order valence-corrected chi connectivity index (χ4v) is 0.725. The van der Waals surface area contributed by atoms with E-state index in [1.807, 2.05) is 6.92 Å². The van der Waals surface area contributed by atoms with Crippen molar-refractivity contribution in [2.75, 3.05) is 0 Å². The van der Waals surface area contributed by atoms with Crippen molar-refractivity contribution in [2.24, 2.45) is 5.73 Å². The number of hydrogen-bond acceptors (Lipinski definition) is 2. The summed E-state index contributed by atoms with van der Waals surface area (Å²) in [5, 5.41) is 9.68. The fraction of sp³-hybridized carbons (Fsp3) is 0.800. The van der Waals surface area contributed by atoms with Gasteiger partial charge in [0, 0.05) is 0 Å². The van der Waals surface area contributed by atoms with Crippen molar-refractivity contribution in [1.29, 1.82) is 5.41 Å². The molecule has 0 aliphatic rings. The highest BCUT2D eigenvalue weighted by atomic mass is 79.9. The quantitative estimate of drug-likeness (QED) is 0.277. The molecular formula is C5H15Br2N3S. The number of thiol groups is 1. The van der Waals surface area contributed by atoms with Crippen LogP contribution < -0.4 is 11.1 Å². The van der Waals surface area contributed by atoms with Crippen molar-refractivity contribution in [3.63, 3.8) is 0 Å². The zero-order chi connectivity index (χ0) is 7.28. The van der Waals surface area contributed by atoms with Crippen molar-refractivity contribution in [3.8, 4) is 0 Å². The van der Waals surface area contributed by atoms with Crippen molar-refractivity contribution >= 4 is 51.8 Å². The molecule has 1 atom stereocenters. The third-order valence-electron chi connectivity index (χ3n) is 0.922. The lowest BCUT2D eigenvalue weighted by atomic mass is 10.3. The van der Waals surface area contributed by atoms with E-state index >= 15 is 0 Å². The van der Waals surface area contributed by atoms with Crippen LogP contribution in [0.4, 0.5) is 0 Å². The highest BCUT2D eigenvalue weighted by molar-refractivity contribution is 8.93. The largest absolute Gasteiger partial charge is 0.350 e. The van der Waals surface area contributed by atoms with E-state index in [-0.39, 0.29) is 45.3 Å². The Labute approximate surface area is 94.0 Å². The van der Waals surface area contributed by atoms with Crippen LogP contribution in [0.5, 0.6) is 0 Å². The summed E-state index contributed by atoms with van der Waals surface area (Å²) in [4.78, 5) is 0. The van der Waals surface area contributed by atoms with Crippen LogP contribution in [0.3, 0.4) is 0 Å². The molecule has 0 spiro atoms. The highest BCUT2D eigenvalue weighted by Crippen LogP contribution is 1.89. The summed E-state index contributed by atoms with van der Waals surface area (Å²) in [6.45, 7) is 2.05. The van der Waals surface area contributed by atoms with Gasteiger partial charge in [-0.2, -0.15) is 0 Å². The molecule has 1 unspecified atom stereocenters. The Kier molecular flexibility index (Phi) is 17.3. The number of hydrogen-bond donors (Lipinski definition) is 4. The molecule has 6 heteroatoms. The van der Waals surface area contributed by atoms with E-state index in [1.54, 1.807) is 0 Å². The van der Waals surface area contributed by atoms with Crippen molar-refractivity contribution in [1.82, 2.24) is 5.32 Å². The smallest absolute Gasteiger partial charge is 0.151 e. The lowest BCUT2D eigenvalue weighted by molar-refractivity contribution is 0.575. The Bertz CT molecular complexity index is 102. The Morgan fingerprint density at radius 1 is 1.64 bits per heavy atom. The van der Waals surface area contributed by atoms with Crippen LogP contribution >= 0.6 is 46.6 Å². The number of nitrogens with one attached hydrogen (secondary N) is 2. The molecule has 0 aromatic rings. The fourth-order valence-electron chi connectivity index (χ4n) is 0.559. The SMILES string of the molecule is Br.Br.CCCC(N)NC(=N)S. The number of rotatable bonds is 3. The molecule has 0 saturated carbocycles. The first-order valence-corrected chi connectivity index (χ1v) is 3.41. The molecule has 3 nitrogen and oxygen atoms in total. The minimum atomic E-state index is -0.111. The molecule has 0 saturated heterocycles. The average molecular weight is 309 g/mol. The monoisotopic (exact) mass is 307 g/mol. The van der Waals surface area contributed by atoms with Gasteiger partial charge in [-0.3, -0.25) is 5.41 Å². The highest BCUT2D eigenvalue weighted by Gasteiger charge is 1.97. The van der Waals surface area contributed by atoms with Gasteiger partial charge in [-0.15, -0.1) is 46.6 Å². The molecule has 0 heterocycles. The van der Waals surface area contributed by atoms with Gasteiger partial charge >= 0.3 is 0 Å². The second-order valence-corrected chi connectivity index (χ2v) is 2.34. The number of amidine groups is 1. The minimum Gasteiger partial charge on any atom is -0.350 e. The summed E-state index contributed by atoms with van der Waals surface area (Å²) in [7, 11) is 0. The Morgan fingerprint density at radius 3 is 2.36 bits per heavy atom. The molecule has 0 radical (unpaired) electrons. The van der Waals surface area contributed by atoms with Crippen molar-refractivity contribution < 1.29 is 0 Å². The molecule has 0 rings (SSSR count). The summed E-state index contributed by atoms with van der Waals surface area (Å²) in [6.07, 6.45) is 1.79. The van der Waals surface area contributed by atoms with E-state index < -0.39 is 0 Å². The zero-order valence-electron chi connectivity index (χ0n) is 6.33. The maximum atomic E-state index is 6.88. The van der Waals surface area contributed by atoms with Gasteiger partial charge in [-0.25, -0.2) is 0 Å². The predicted molar refractivity (Wildman–Crippen MR) is 63.4 cm³/mol. The molecule has 70 valence electrons. The second-order valence-electron chi connectivity index (χ2n) is 1.89. The number of nitrogens with two attached hydrogens (primary N) is 1. The van der Waals surface area contributed by atoms with Crippen LogP contribution in [0.25, 0.3) is 0 Å². The van der Waals surface area contributed by atoms with E-state index in [2.05, 4.69) is 17.9 Å². The van der Waals surface area contributed by atoms with E-state index in [1.165, 1.54) is 0 Å². The molecule has 11 heavy (non-hydrogen) atoms. The van der Waals surface area contributed by atoms with Crippen molar-refractivity contribution in [3.05, 3.63) is 0 Å². The first kappa shape index (κ1) is 17.7. The molecule has 0 bridgehead atoms. The van der Waals surface area contributed by atoms with Gasteiger partial charge in [-0.1, -0.05) is 13.3 Å². The van der Waals surface area contributed by atoms with E-state index in [9.17, 15) is 0 Å². The zero-order valence-corrected chi connectivity index (χ0v) is 10.7. The van der Waals surface area contributed by atoms with Crippen LogP contribution in [-0.2, 0) is 0 Å². The lowest BCUT2D eigenvalue weighted by Gasteiger charge is -2.10. The molecule has 0 amide bonds. The van der Waals surface area contributed by atoms with E-state index in [0.717, 1.165) is 12.8 Å². The lowest BCUT2D eigenvalue weighted by Crippen LogP contribution is -2.38. The average Bonchev–Trinajstić information content (AvgIpc) is 1.63. The summed E-state index contributed by atoms with van der Waals surface area (Å²) < 4.78 is 0. The van der Waals surface area contributed by atoms with E-state index in [4.69, 9.17) is 11.1 Å². The predicted octanol–water partition coefficient (Wildman–Crippen LogP) is 1.68. The first-order chi connectivity index (χ1) is 4.16. The Morgan fingerprint density at radius 2 is 2.09 bits per heavy atom. The van der Waals surface area contributed by atoms with Crippen LogP contribution in [0.1, 0.15) is 19.8 Å². The summed E-state index contributed by atoms with van der Waals surface area (Å²) in [6, 6.07) is 0. The van der Waals surface area contributed by atoms with Gasteiger partial charge in [0.2, 0.25) is 0 Å². The molecule has 0 fully saturated rings. The van der Waals surface area contributed by atoms with Gasteiger partial charge in [0.05, 0.1) is 6.17 Å². The van der Waals surface area contributed by atoms with Gasteiger partial charge in [0.1, 0.15) is 0 Å². The molecule has 4 N–H and O–H groups in total. The van der Waals surface area contributed by atoms with Crippen LogP contribution in [0, 0.1) is 5.41 Å². The molecule has 0 aromatic heterocycles. The van der Waals surface area contributed by atoms with Gasteiger partial charge in [0.15, 0.2) is 5.17 Å². The van der Waals surface area contributed by atoms with E-state index in [0.29, 0.717) is 0 Å². The van der Waals surface area contributed by atoms with Crippen molar-refractivity contribution in [2.45, 2.75) is 25.9 Å². The van der Waals surface area contributed by atoms with Gasteiger partial charge in [0.25, 0.3) is 0 Å². The molecular weight excluding hydrogens is 294 g/mol. The molecule has 0 aliphatic heterocycles. The topological polar surface area (TPSA) is 61.9 Å². The summed E-state index contributed by atoms with van der Waals surface area (Å²) in [5.74, 6) is 0. The summed E-state index contributed by atoms with van der Waals surface area (Å²) >= 11 is 3.72. The minimum absolute atomic E-state index is 0. The third kappa shape index (κ3) is 13.7. The first-order valence-electron chi connectivity index (χ1n) is 2.96. The normalized spacial score (nSPS) is 10.5. The van der Waals surface area contributed by atoms with Gasteiger partial charge in [-0.05, 0) is 6.42 Å². The van der Waals surface area contributed by atoms with Crippen LogP contribution in [-0.4, -0.2) is 11.3 Å².